The van der Waals surface area contributed by atoms with Crippen LogP contribution in [-0.2, 0) is 47.9 Å². The van der Waals surface area contributed by atoms with Crippen LogP contribution in [0, 0.1) is 52.0 Å². The van der Waals surface area contributed by atoms with E-state index in [0.717, 1.165) is 33.8 Å². The molecule has 8 rings (SSSR count). The number of hydrogen-bond acceptors (Lipinski definition) is 9. The number of benzene rings is 4. The number of para-hydroxylation sites is 2. The van der Waals surface area contributed by atoms with Gasteiger partial charge >= 0.3 is 40.8 Å². The molecule has 0 unspecified atom stereocenters. The molecule has 8 aromatic rings. The molecule has 0 radical (unpaired) electrons. The Morgan fingerprint density at radius 2 is 0.966 bits per heavy atom. The Bertz CT molecular complexity index is 2580. The van der Waals surface area contributed by atoms with Crippen LogP contribution < -0.4 is 23.7 Å². The van der Waals surface area contributed by atoms with E-state index in [-0.39, 0.29) is 40.8 Å². The van der Waals surface area contributed by atoms with Crippen molar-refractivity contribution in [3.8, 4) is 69.5 Å². The van der Waals surface area contributed by atoms with Gasteiger partial charge in [-0.25, -0.2) is 15.0 Å². The predicted octanol–water partition coefficient (Wildman–Crippen LogP) is 11.3. The summed E-state index contributed by atoms with van der Waals surface area (Å²) >= 11 is 0. The van der Waals surface area contributed by atoms with Crippen molar-refractivity contribution in [1.29, 1.82) is 0 Å². The molecule has 0 atom stereocenters. The molecule has 4 aromatic carbocycles. The van der Waals surface area contributed by atoms with E-state index in [9.17, 15) is 0 Å². The molecule has 0 aliphatic rings. The SMILES string of the molecule is Cc1cc(C)c(Oc2cccc(-c3nccn3C)n2)[c-]c1Oc1[c-]cccc1.Cc1cc(C)c(Oc2cccc(Oc3ccccn3)n2)[c-]c1Oc1[c-]cccc1.[Pd+2].[Pd+2]. The average molecular weight is 965 g/mol. The van der Waals surface area contributed by atoms with Crippen LogP contribution in [0.4, 0.5) is 0 Å². The van der Waals surface area contributed by atoms with Gasteiger partial charge in [-0.3, -0.25) is 0 Å². The van der Waals surface area contributed by atoms with E-state index in [2.05, 4.69) is 44.2 Å². The van der Waals surface area contributed by atoms with Gasteiger partial charge in [0.25, 0.3) is 0 Å². The van der Waals surface area contributed by atoms with Gasteiger partial charge in [0.1, 0.15) is 5.69 Å². The Morgan fingerprint density at radius 1 is 0.475 bits per heavy atom. The molecule has 0 saturated carbocycles. The number of imidazole rings is 1. The third-order valence-corrected chi connectivity index (χ3v) is 8.27. The van der Waals surface area contributed by atoms with Crippen LogP contribution in [-0.4, -0.2) is 24.5 Å². The van der Waals surface area contributed by atoms with Gasteiger partial charge in [0.15, 0.2) is 5.82 Å². The Labute approximate surface area is 371 Å². The van der Waals surface area contributed by atoms with E-state index in [1.54, 1.807) is 42.7 Å². The van der Waals surface area contributed by atoms with Gasteiger partial charge in [0.2, 0.25) is 23.5 Å². The second-order valence-electron chi connectivity index (χ2n) is 12.8. The molecular weight excluding hydrogens is 927 g/mol. The van der Waals surface area contributed by atoms with Gasteiger partial charge in [-0.2, -0.15) is 53.5 Å². The Hall–Kier alpha value is -6.14. The van der Waals surface area contributed by atoms with Crippen molar-refractivity contribution in [2.75, 3.05) is 0 Å². The van der Waals surface area contributed by atoms with Gasteiger partial charge in [-0.15, -0.1) is 46.5 Å². The quantitative estimate of drug-likeness (QED) is 0.0926. The van der Waals surface area contributed by atoms with E-state index >= 15 is 0 Å². The largest absolute Gasteiger partial charge is 2.00 e. The first-order valence-electron chi connectivity index (χ1n) is 18.0. The number of ether oxygens (including phenoxy) is 5. The van der Waals surface area contributed by atoms with Gasteiger partial charge in [-0.1, -0.05) is 58.0 Å². The maximum Gasteiger partial charge on any atom is 2.00 e. The molecule has 0 amide bonds. The Morgan fingerprint density at radius 3 is 1.46 bits per heavy atom. The third kappa shape index (κ3) is 12.0. The summed E-state index contributed by atoms with van der Waals surface area (Å²) in [6.45, 7) is 7.86. The molecule has 12 heteroatoms. The molecular formula is C47H37N5O5Pd2. The molecule has 0 fully saturated rings. The molecule has 4 heterocycles. The maximum absolute atomic E-state index is 6.03. The van der Waals surface area contributed by atoms with E-state index in [1.165, 1.54) is 0 Å². The standard InChI is InChI=1S/C24H18N2O3.C23H19N3O2.2Pd/c1-17-15-18(2)21(16-20(17)27-19-9-4-3-5-10-19)28-23-12-8-13-24(26-23)29-22-11-6-7-14-25-22;1-16-14-17(2)21(15-20(16)27-18-8-5-4-6-9-18)28-22-11-7-10-19(25-22)23-24-12-13-26(23)3;;/h3-9,11-15H,1-2H3;4-8,10-14H,1-3H3;;/q2*-2;2*+2. The van der Waals surface area contributed by atoms with E-state index in [4.69, 9.17) is 23.7 Å². The van der Waals surface area contributed by atoms with E-state index in [1.807, 2.05) is 130 Å². The second kappa shape index (κ2) is 21.0. The zero-order valence-electron chi connectivity index (χ0n) is 32.6. The van der Waals surface area contributed by atoms with Gasteiger partial charge in [0.05, 0.1) is 0 Å². The molecule has 0 aliphatic heterocycles. The maximum atomic E-state index is 6.03. The number of nitrogens with zero attached hydrogens (tertiary/aromatic N) is 5. The summed E-state index contributed by atoms with van der Waals surface area (Å²) in [6, 6.07) is 47.7. The van der Waals surface area contributed by atoms with Crippen molar-refractivity contribution in [3.63, 3.8) is 0 Å². The fraction of sp³-hybridized carbons (Fsp3) is 0.106. The average Bonchev–Trinajstić information content (AvgIpc) is 3.66. The summed E-state index contributed by atoms with van der Waals surface area (Å²) in [5, 5.41) is 0. The van der Waals surface area contributed by atoms with Crippen LogP contribution in [0.1, 0.15) is 22.3 Å². The third-order valence-electron chi connectivity index (χ3n) is 8.27. The Kier molecular flexibility index (Phi) is 15.7. The summed E-state index contributed by atoms with van der Waals surface area (Å²) in [4.78, 5) is 17.4. The van der Waals surface area contributed by atoms with Gasteiger partial charge in [-0.05, 0) is 12.1 Å². The van der Waals surface area contributed by atoms with E-state index in [0.29, 0.717) is 58.0 Å². The summed E-state index contributed by atoms with van der Waals surface area (Å²) in [6.07, 6.45) is 5.28. The summed E-state index contributed by atoms with van der Waals surface area (Å²) < 4.78 is 31.4. The number of aromatic nitrogens is 5. The monoisotopic (exact) mass is 963 g/mol. The number of rotatable bonds is 11. The predicted molar refractivity (Wildman–Crippen MR) is 215 cm³/mol. The molecule has 59 heavy (non-hydrogen) atoms. The first kappa shape index (κ1) is 44.0. The fourth-order valence-corrected chi connectivity index (χ4v) is 5.48. The number of aryl methyl sites for hydroxylation is 5. The summed E-state index contributed by atoms with van der Waals surface area (Å²) in [5.74, 6) is 6.02. The minimum absolute atomic E-state index is 0. The van der Waals surface area contributed by atoms with Crippen LogP contribution >= 0.6 is 0 Å². The smallest absolute Gasteiger partial charge is 0.509 e. The van der Waals surface area contributed by atoms with E-state index < -0.39 is 0 Å². The summed E-state index contributed by atoms with van der Waals surface area (Å²) in [7, 11) is 1.93. The molecule has 0 bridgehead atoms. The molecule has 10 nitrogen and oxygen atoms in total. The number of hydrogen-bond donors (Lipinski definition) is 0. The fourth-order valence-electron chi connectivity index (χ4n) is 5.48. The molecule has 0 N–H and O–H groups in total. The van der Waals surface area contributed by atoms with Crippen LogP contribution in [0.3, 0.4) is 0 Å². The van der Waals surface area contributed by atoms with Crippen LogP contribution in [0.2, 0.25) is 0 Å². The molecule has 300 valence electrons. The first-order chi connectivity index (χ1) is 27.8. The topological polar surface area (TPSA) is 103 Å². The van der Waals surface area contributed by atoms with Crippen molar-refractivity contribution >= 4 is 0 Å². The molecule has 0 spiro atoms. The number of pyridine rings is 3. The summed E-state index contributed by atoms with van der Waals surface area (Å²) in [5.41, 5.74) is 4.53. The second-order valence-corrected chi connectivity index (χ2v) is 12.8. The van der Waals surface area contributed by atoms with Crippen molar-refractivity contribution in [2.24, 2.45) is 7.05 Å². The molecule has 0 saturated heterocycles. The first-order valence-corrected chi connectivity index (χ1v) is 18.0. The van der Waals surface area contributed by atoms with Crippen LogP contribution in [0.25, 0.3) is 11.5 Å². The minimum atomic E-state index is 0. The van der Waals surface area contributed by atoms with Crippen molar-refractivity contribution in [2.45, 2.75) is 27.7 Å². The van der Waals surface area contributed by atoms with Gasteiger partial charge < -0.3 is 28.3 Å². The molecule has 0 aliphatic carbocycles. The van der Waals surface area contributed by atoms with Gasteiger partial charge in [0, 0.05) is 84.4 Å². The zero-order chi connectivity index (χ0) is 39.6. The van der Waals surface area contributed by atoms with Crippen molar-refractivity contribution in [3.05, 3.63) is 180 Å². The molecule has 4 aromatic heterocycles. The van der Waals surface area contributed by atoms with Crippen molar-refractivity contribution < 1.29 is 64.5 Å². The zero-order valence-corrected chi connectivity index (χ0v) is 35.7. The van der Waals surface area contributed by atoms with Crippen LogP contribution in [0.15, 0.2) is 134 Å². The normalized spacial score (nSPS) is 10.2. The van der Waals surface area contributed by atoms with Crippen molar-refractivity contribution in [1.82, 2.24) is 24.5 Å². The Balaban J connectivity index is 0.000000217. The minimum Gasteiger partial charge on any atom is -0.509 e. The van der Waals surface area contributed by atoms with Crippen LogP contribution in [0.5, 0.6) is 58.0 Å².